The van der Waals surface area contributed by atoms with E-state index in [4.69, 9.17) is 10.00 Å². The van der Waals surface area contributed by atoms with Crippen LogP contribution in [0.1, 0.15) is 18.1 Å². The summed E-state index contributed by atoms with van der Waals surface area (Å²) in [6.07, 6.45) is 2.02. The number of para-hydroxylation sites is 1. The van der Waals surface area contributed by atoms with Gasteiger partial charge in [-0.2, -0.15) is 5.26 Å². The molecule has 1 heterocycles. The summed E-state index contributed by atoms with van der Waals surface area (Å²) in [6, 6.07) is 18.6. The Labute approximate surface area is 125 Å². The molecule has 2 aromatic carbocycles. The molecule has 2 unspecified atom stereocenters. The highest BCUT2D eigenvalue weighted by molar-refractivity contribution is 5.51. The lowest BCUT2D eigenvalue weighted by Crippen LogP contribution is -2.41. The average Bonchev–Trinajstić information content (AvgIpc) is 2.94. The largest absolute Gasteiger partial charge is 0.492 e. The smallest absolute Gasteiger partial charge is 0.176 e. The van der Waals surface area contributed by atoms with Crippen molar-refractivity contribution in [2.45, 2.75) is 12.3 Å². The van der Waals surface area contributed by atoms with Gasteiger partial charge in [-0.25, -0.2) is 0 Å². The number of nitriles is 1. The molecule has 0 aromatic heterocycles. The van der Waals surface area contributed by atoms with Gasteiger partial charge < -0.3 is 10.1 Å². The Morgan fingerprint density at radius 3 is 2.67 bits per heavy atom. The first-order valence-corrected chi connectivity index (χ1v) is 7.19. The molecule has 2 atom stereocenters. The molecule has 0 saturated carbocycles. The van der Waals surface area contributed by atoms with Gasteiger partial charge in [0, 0.05) is 12.1 Å². The van der Waals surface area contributed by atoms with Gasteiger partial charge in [0.15, 0.2) is 6.19 Å². The van der Waals surface area contributed by atoms with E-state index in [0.717, 1.165) is 5.75 Å². The van der Waals surface area contributed by atoms with Crippen molar-refractivity contribution in [2.75, 3.05) is 13.2 Å². The molecular formula is C18H18N2O. The van der Waals surface area contributed by atoms with Crippen LogP contribution in [0.4, 0.5) is 0 Å². The molecule has 0 aliphatic carbocycles. The number of fused-ring (bicyclic) bond motifs is 1. The first-order chi connectivity index (χ1) is 10.3. The molecule has 106 valence electrons. The van der Waals surface area contributed by atoms with Gasteiger partial charge in [0.2, 0.25) is 0 Å². The Balaban J connectivity index is 2.12. The van der Waals surface area contributed by atoms with Gasteiger partial charge >= 0.3 is 0 Å². The van der Waals surface area contributed by atoms with Crippen molar-refractivity contribution in [1.29, 1.82) is 5.26 Å². The van der Waals surface area contributed by atoms with Crippen LogP contribution in [0.5, 0.6) is 5.75 Å². The molecule has 21 heavy (non-hydrogen) atoms. The summed E-state index contributed by atoms with van der Waals surface area (Å²) in [4.78, 5) is 0. The van der Waals surface area contributed by atoms with Crippen molar-refractivity contribution in [2.24, 2.45) is 5.92 Å². The molecule has 3 rings (SSSR count). The van der Waals surface area contributed by atoms with Gasteiger partial charge in [-0.1, -0.05) is 55.5 Å². The number of nitrogens with zero attached hydrogens (tertiary/aromatic N) is 1. The summed E-state index contributed by atoms with van der Waals surface area (Å²) >= 11 is 0. The number of nitrogens with one attached hydrogen (secondary N) is 1. The van der Waals surface area contributed by atoms with E-state index in [9.17, 15) is 0 Å². The molecule has 1 N–H and O–H groups in total. The summed E-state index contributed by atoms with van der Waals surface area (Å²) < 4.78 is 5.96. The quantitative estimate of drug-likeness (QED) is 0.690. The summed E-state index contributed by atoms with van der Waals surface area (Å²) in [7, 11) is 0. The van der Waals surface area contributed by atoms with Crippen molar-refractivity contribution >= 4 is 0 Å². The standard InChI is InChI=1S/C18H18N2O/c1-14(11-20-13-19)18(15-7-3-2-4-8-15)12-21-17-10-6-5-9-16(17)18/h2-10,14,20H,11-12H2,1H3. The number of hydrogen-bond donors (Lipinski definition) is 1. The van der Waals surface area contributed by atoms with Crippen LogP contribution in [0.25, 0.3) is 0 Å². The third kappa shape index (κ3) is 2.13. The zero-order chi connectivity index (χ0) is 14.7. The summed E-state index contributed by atoms with van der Waals surface area (Å²) in [5, 5.41) is 11.6. The zero-order valence-corrected chi connectivity index (χ0v) is 12.0. The molecular weight excluding hydrogens is 260 g/mol. The second-order valence-electron chi connectivity index (χ2n) is 5.52. The number of ether oxygens (including phenoxy) is 1. The maximum Gasteiger partial charge on any atom is 0.176 e. The molecule has 0 bridgehead atoms. The Morgan fingerprint density at radius 2 is 1.90 bits per heavy atom. The highest BCUT2D eigenvalue weighted by atomic mass is 16.5. The predicted octanol–water partition coefficient (Wildman–Crippen LogP) is 3.07. The number of rotatable bonds is 4. The van der Waals surface area contributed by atoms with Gasteiger partial charge in [-0.3, -0.25) is 0 Å². The summed E-state index contributed by atoms with van der Waals surface area (Å²) in [5.74, 6) is 1.19. The van der Waals surface area contributed by atoms with Gasteiger partial charge in [0.05, 0.1) is 5.41 Å². The van der Waals surface area contributed by atoms with Gasteiger partial charge in [0.1, 0.15) is 12.4 Å². The van der Waals surface area contributed by atoms with E-state index in [1.807, 2.05) is 24.4 Å². The minimum atomic E-state index is -0.207. The minimum Gasteiger partial charge on any atom is -0.492 e. The van der Waals surface area contributed by atoms with Crippen molar-refractivity contribution in [1.82, 2.24) is 5.32 Å². The van der Waals surface area contributed by atoms with E-state index in [2.05, 4.69) is 48.6 Å². The molecule has 0 amide bonds. The molecule has 2 aromatic rings. The normalized spacial score (nSPS) is 21.0. The Kier molecular flexibility index (Phi) is 3.53. The molecule has 1 aliphatic rings. The topological polar surface area (TPSA) is 45.0 Å². The van der Waals surface area contributed by atoms with Crippen molar-refractivity contribution in [3.8, 4) is 11.9 Å². The Morgan fingerprint density at radius 1 is 1.19 bits per heavy atom. The molecule has 0 fully saturated rings. The zero-order valence-electron chi connectivity index (χ0n) is 12.0. The molecule has 1 aliphatic heterocycles. The first kappa shape index (κ1) is 13.5. The van der Waals surface area contributed by atoms with Crippen LogP contribution in [-0.2, 0) is 5.41 Å². The number of hydrogen-bond acceptors (Lipinski definition) is 3. The van der Waals surface area contributed by atoms with Crippen LogP contribution in [0.15, 0.2) is 54.6 Å². The van der Waals surface area contributed by atoms with Crippen molar-refractivity contribution in [3.05, 3.63) is 65.7 Å². The first-order valence-electron chi connectivity index (χ1n) is 7.19. The summed E-state index contributed by atoms with van der Waals surface area (Å²) in [6.45, 7) is 3.41. The van der Waals surface area contributed by atoms with Crippen molar-refractivity contribution in [3.63, 3.8) is 0 Å². The number of benzene rings is 2. The highest BCUT2D eigenvalue weighted by Gasteiger charge is 2.46. The van der Waals surface area contributed by atoms with Crippen LogP contribution in [0.3, 0.4) is 0 Å². The second kappa shape index (κ2) is 5.49. The van der Waals surface area contributed by atoms with Crippen LogP contribution in [0, 0.1) is 17.4 Å². The molecule has 0 spiro atoms. The van der Waals surface area contributed by atoms with Crippen molar-refractivity contribution < 1.29 is 4.74 Å². The monoisotopic (exact) mass is 278 g/mol. The maximum atomic E-state index is 8.82. The Bertz CT molecular complexity index is 662. The average molecular weight is 278 g/mol. The summed E-state index contributed by atoms with van der Waals surface area (Å²) in [5.41, 5.74) is 2.24. The molecule has 0 radical (unpaired) electrons. The van der Waals surface area contributed by atoms with E-state index in [-0.39, 0.29) is 11.3 Å². The second-order valence-corrected chi connectivity index (χ2v) is 5.52. The van der Waals surface area contributed by atoms with Gasteiger partial charge in [0.25, 0.3) is 0 Å². The van der Waals surface area contributed by atoms with Gasteiger partial charge in [-0.15, -0.1) is 0 Å². The predicted molar refractivity (Wildman–Crippen MR) is 81.9 cm³/mol. The van der Waals surface area contributed by atoms with E-state index < -0.39 is 0 Å². The van der Waals surface area contributed by atoms with E-state index in [1.165, 1.54) is 11.1 Å². The van der Waals surface area contributed by atoms with Crippen LogP contribution >= 0.6 is 0 Å². The third-order valence-corrected chi connectivity index (χ3v) is 4.44. The van der Waals surface area contributed by atoms with E-state index in [0.29, 0.717) is 13.2 Å². The van der Waals surface area contributed by atoms with Crippen LogP contribution in [-0.4, -0.2) is 13.2 Å². The highest BCUT2D eigenvalue weighted by Crippen LogP contribution is 2.47. The molecule has 3 nitrogen and oxygen atoms in total. The minimum absolute atomic E-state index is 0.207. The van der Waals surface area contributed by atoms with Gasteiger partial charge in [-0.05, 0) is 17.5 Å². The van der Waals surface area contributed by atoms with Crippen LogP contribution in [0.2, 0.25) is 0 Å². The fraction of sp³-hybridized carbons (Fsp3) is 0.278. The lowest BCUT2D eigenvalue weighted by Gasteiger charge is -2.35. The molecule has 3 heteroatoms. The molecule has 0 saturated heterocycles. The lowest BCUT2D eigenvalue weighted by atomic mass is 9.67. The van der Waals surface area contributed by atoms with E-state index in [1.54, 1.807) is 0 Å². The fourth-order valence-electron chi connectivity index (χ4n) is 3.27. The lowest BCUT2D eigenvalue weighted by molar-refractivity contribution is 0.238. The fourth-order valence-corrected chi connectivity index (χ4v) is 3.27. The maximum absolute atomic E-state index is 8.82. The Hall–Kier alpha value is -2.47. The van der Waals surface area contributed by atoms with Crippen LogP contribution < -0.4 is 10.1 Å². The SMILES string of the molecule is CC(CNC#N)C1(c2ccccc2)COc2ccccc21. The third-order valence-electron chi connectivity index (χ3n) is 4.44. The van der Waals surface area contributed by atoms with E-state index >= 15 is 0 Å².